The molecule has 1 saturated heterocycles. The Balaban J connectivity index is 1.49. The molecule has 0 saturated carbocycles. The third-order valence-corrected chi connectivity index (χ3v) is 6.88. The lowest BCUT2D eigenvalue weighted by Crippen LogP contribution is -2.42. The molecule has 0 bridgehead atoms. The maximum absolute atomic E-state index is 12.7. The number of rotatable bonds is 7. The minimum Gasteiger partial charge on any atom is -0.491 e. The maximum atomic E-state index is 12.7. The summed E-state index contributed by atoms with van der Waals surface area (Å²) < 4.78 is 32.5. The zero-order valence-corrected chi connectivity index (χ0v) is 17.7. The first-order valence-electron chi connectivity index (χ1n) is 9.95. The number of benzene rings is 2. The highest BCUT2D eigenvalue weighted by Gasteiger charge is 2.31. The van der Waals surface area contributed by atoms with Crippen molar-refractivity contribution in [2.75, 3.05) is 13.1 Å². The van der Waals surface area contributed by atoms with Crippen molar-refractivity contribution in [1.82, 2.24) is 9.62 Å². The number of nitrogens with one attached hydrogen (secondary N) is 1. The van der Waals surface area contributed by atoms with Crippen LogP contribution in [-0.2, 0) is 21.4 Å². The Morgan fingerprint density at radius 1 is 1.07 bits per heavy atom. The third-order valence-electron chi connectivity index (χ3n) is 4.97. The van der Waals surface area contributed by atoms with E-state index in [9.17, 15) is 13.2 Å². The normalized spacial score (nSPS) is 16.0. The summed E-state index contributed by atoms with van der Waals surface area (Å²) in [6, 6.07) is 16.1. The van der Waals surface area contributed by atoms with E-state index in [0.29, 0.717) is 37.4 Å². The summed E-state index contributed by atoms with van der Waals surface area (Å²) in [6.07, 6.45) is 1.18. The molecule has 0 unspecified atom stereocenters. The summed E-state index contributed by atoms with van der Waals surface area (Å²) in [7, 11) is -3.49. The SMILES string of the molecule is CC(C)Oc1ccc(CNC(=O)C2CCN(S(=O)(=O)c3ccccc3)CC2)cc1. The molecule has 6 nitrogen and oxygen atoms in total. The first-order chi connectivity index (χ1) is 13.9. The second kappa shape index (κ2) is 9.41. The lowest BCUT2D eigenvalue weighted by molar-refractivity contribution is -0.126. The van der Waals surface area contributed by atoms with Crippen molar-refractivity contribution in [1.29, 1.82) is 0 Å². The quantitative estimate of drug-likeness (QED) is 0.752. The Labute approximate surface area is 172 Å². The van der Waals surface area contributed by atoms with E-state index in [1.54, 1.807) is 30.3 Å². The fourth-order valence-corrected chi connectivity index (χ4v) is 4.88. The van der Waals surface area contributed by atoms with Crippen molar-refractivity contribution in [3.05, 3.63) is 60.2 Å². The van der Waals surface area contributed by atoms with Gasteiger partial charge < -0.3 is 10.1 Å². The molecule has 7 heteroatoms. The summed E-state index contributed by atoms with van der Waals surface area (Å²) in [5.74, 6) is 0.618. The molecular formula is C22H28N2O4S. The summed E-state index contributed by atoms with van der Waals surface area (Å²) in [5.41, 5.74) is 0.999. The van der Waals surface area contributed by atoms with Crippen LogP contribution >= 0.6 is 0 Å². The van der Waals surface area contributed by atoms with E-state index in [4.69, 9.17) is 4.74 Å². The molecule has 1 heterocycles. The van der Waals surface area contributed by atoms with E-state index in [1.807, 2.05) is 38.1 Å². The molecular weight excluding hydrogens is 388 g/mol. The predicted octanol–water partition coefficient (Wildman–Crippen LogP) is 3.19. The molecule has 1 N–H and O–H groups in total. The lowest BCUT2D eigenvalue weighted by Gasteiger charge is -2.30. The van der Waals surface area contributed by atoms with Crippen LogP contribution in [0, 0.1) is 5.92 Å². The number of amides is 1. The molecule has 3 rings (SSSR count). The predicted molar refractivity (Wildman–Crippen MR) is 112 cm³/mol. The second-order valence-corrected chi connectivity index (χ2v) is 9.46. The molecule has 1 fully saturated rings. The number of nitrogens with zero attached hydrogens (tertiary/aromatic N) is 1. The van der Waals surface area contributed by atoms with E-state index in [-0.39, 0.29) is 17.9 Å². The monoisotopic (exact) mass is 416 g/mol. The van der Waals surface area contributed by atoms with Crippen LogP contribution in [0.25, 0.3) is 0 Å². The molecule has 1 aliphatic rings. The summed E-state index contributed by atoms with van der Waals surface area (Å²) in [6.45, 7) is 5.12. The Hall–Kier alpha value is -2.38. The molecule has 1 amide bonds. The molecule has 29 heavy (non-hydrogen) atoms. The average molecular weight is 417 g/mol. The van der Waals surface area contributed by atoms with Gasteiger partial charge in [-0.1, -0.05) is 30.3 Å². The van der Waals surface area contributed by atoms with Gasteiger partial charge in [0.15, 0.2) is 0 Å². The van der Waals surface area contributed by atoms with Crippen LogP contribution in [0.3, 0.4) is 0 Å². The largest absolute Gasteiger partial charge is 0.491 e. The highest BCUT2D eigenvalue weighted by atomic mass is 32.2. The van der Waals surface area contributed by atoms with E-state index in [1.165, 1.54) is 4.31 Å². The van der Waals surface area contributed by atoms with E-state index in [2.05, 4.69) is 5.32 Å². The highest BCUT2D eigenvalue weighted by Crippen LogP contribution is 2.24. The lowest BCUT2D eigenvalue weighted by atomic mass is 9.97. The van der Waals surface area contributed by atoms with Gasteiger partial charge >= 0.3 is 0 Å². The zero-order chi connectivity index (χ0) is 20.9. The van der Waals surface area contributed by atoms with Gasteiger partial charge in [0.2, 0.25) is 15.9 Å². The van der Waals surface area contributed by atoms with Crippen molar-refractivity contribution in [2.45, 2.75) is 44.2 Å². The van der Waals surface area contributed by atoms with Crippen LogP contribution < -0.4 is 10.1 Å². The smallest absolute Gasteiger partial charge is 0.243 e. The summed E-state index contributed by atoms with van der Waals surface area (Å²) >= 11 is 0. The van der Waals surface area contributed by atoms with Gasteiger partial charge in [0.25, 0.3) is 0 Å². The fraction of sp³-hybridized carbons (Fsp3) is 0.409. The Kier molecular flexibility index (Phi) is 6.92. The number of carbonyl (C=O) groups excluding carboxylic acids is 1. The van der Waals surface area contributed by atoms with Gasteiger partial charge in [-0.25, -0.2) is 8.42 Å². The first-order valence-corrected chi connectivity index (χ1v) is 11.4. The number of hydrogen-bond donors (Lipinski definition) is 1. The number of hydrogen-bond acceptors (Lipinski definition) is 4. The van der Waals surface area contributed by atoms with Crippen LogP contribution in [0.4, 0.5) is 0 Å². The Morgan fingerprint density at radius 3 is 2.28 bits per heavy atom. The third kappa shape index (κ3) is 5.58. The van der Waals surface area contributed by atoms with Gasteiger partial charge in [0, 0.05) is 25.6 Å². The van der Waals surface area contributed by atoms with Gasteiger partial charge in [-0.2, -0.15) is 4.31 Å². The van der Waals surface area contributed by atoms with Crippen molar-refractivity contribution in [3.63, 3.8) is 0 Å². The van der Waals surface area contributed by atoms with Gasteiger partial charge in [-0.05, 0) is 56.5 Å². The molecule has 156 valence electrons. The second-order valence-electron chi connectivity index (χ2n) is 7.52. The molecule has 0 radical (unpaired) electrons. The molecule has 0 aliphatic carbocycles. The average Bonchev–Trinajstić information content (AvgIpc) is 2.73. The van der Waals surface area contributed by atoms with Gasteiger partial charge in [0.05, 0.1) is 11.0 Å². The van der Waals surface area contributed by atoms with Gasteiger partial charge in [-0.15, -0.1) is 0 Å². The molecule has 1 aliphatic heterocycles. The van der Waals surface area contributed by atoms with Crippen molar-refractivity contribution in [2.24, 2.45) is 5.92 Å². The first kappa shape index (κ1) is 21.3. The summed E-state index contributed by atoms with van der Waals surface area (Å²) in [5, 5.41) is 2.97. The van der Waals surface area contributed by atoms with E-state index >= 15 is 0 Å². The topological polar surface area (TPSA) is 75.7 Å². The minimum absolute atomic E-state index is 0.0238. The number of ether oxygens (including phenoxy) is 1. The fourth-order valence-electron chi connectivity index (χ4n) is 3.39. The minimum atomic E-state index is -3.49. The van der Waals surface area contributed by atoms with Gasteiger partial charge in [0.1, 0.15) is 5.75 Å². The Bertz CT molecular complexity index is 904. The van der Waals surface area contributed by atoms with Crippen LogP contribution in [0.1, 0.15) is 32.3 Å². The number of sulfonamides is 1. The van der Waals surface area contributed by atoms with Crippen LogP contribution in [-0.4, -0.2) is 37.8 Å². The highest BCUT2D eigenvalue weighted by molar-refractivity contribution is 7.89. The number of piperidine rings is 1. The van der Waals surface area contributed by atoms with Crippen molar-refractivity contribution < 1.29 is 17.9 Å². The summed E-state index contributed by atoms with van der Waals surface area (Å²) in [4.78, 5) is 12.8. The Morgan fingerprint density at radius 2 is 1.69 bits per heavy atom. The standard InChI is InChI=1S/C22H28N2O4S/c1-17(2)28-20-10-8-18(9-11-20)16-23-22(25)19-12-14-24(15-13-19)29(26,27)21-6-4-3-5-7-21/h3-11,17,19H,12-16H2,1-2H3,(H,23,25). The van der Waals surface area contributed by atoms with E-state index in [0.717, 1.165) is 11.3 Å². The van der Waals surface area contributed by atoms with Crippen molar-refractivity contribution >= 4 is 15.9 Å². The molecule has 2 aromatic carbocycles. The van der Waals surface area contributed by atoms with Crippen LogP contribution in [0.15, 0.2) is 59.5 Å². The zero-order valence-electron chi connectivity index (χ0n) is 16.9. The molecule has 2 aromatic rings. The van der Waals surface area contributed by atoms with Crippen LogP contribution in [0.2, 0.25) is 0 Å². The molecule has 0 aromatic heterocycles. The molecule has 0 spiro atoms. The maximum Gasteiger partial charge on any atom is 0.243 e. The van der Waals surface area contributed by atoms with Crippen LogP contribution in [0.5, 0.6) is 5.75 Å². The van der Waals surface area contributed by atoms with Gasteiger partial charge in [-0.3, -0.25) is 4.79 Å². The molecule has 0 atom stereocenters. The number of carbonyl (C=O) groups is 1. The van der Waals surface area contributed by atoms with Crippen molar-refractivity contribution in [3.8, 4) is 5.75 Å². The van der Waals surface area contributed by atoms with E-state index < -0.39 is 10.0 Å².